The molecule has 1 heterocycles. The van der Waals surface area contributed by atoms with Gasteiger partial charge >= 0.3 is 0 Å². The van der Waals surface area contributed by atoms with Crippen LogP contribution >= 0.6 is 27.3 Å². The van der Waals surface area contributed by atoms with Crippen molar-refractivity contribution in [3.8, 4) is 0 Å². The second kappa shape index (κ2) is 5.75. The summed E-state index contributed by atoms with van der Waals surface area (Å²) in [4.78, 5) is 0. The smallest absolute Gasteiger partial charge is 0.0718 e. The minimum absolute atomic E-state index is 0.0718. The maximum atomic E-state index is 5.76. The van der Waals surface area contributed by atoms with Gasteiger partial charge in [0.15, 0.2) is 0 Å². The maximum Gasteiger partial charge on any atom is 0.0718 e. The summed E-state index contributed by atoms with van der Waals surface area (Å²) >= 11 is 5.20. The molecule has 1 aliphatic rings. The van der Waals surface area contributed by atoms with Crippen LogP contribution in [-0.2, 0) is 0 Å². The molecule has 0 bridgehead atoms. The standard InChI is InChI=1S/C15H17BrN2S/c16-14-8-13(9-19-14)15(18-17)12-6-2-5-11(7-12)10-3-1-4-10/h2,5-10,15,18H,1,3-4,17H2. The molecule has 1 saturated carbocycles. The zero-order valence-electron chi connectivity index (χ0n) is 10.6. The van der Waals surface area contributed by atoms with Crippen LogP contribution < -0.4 is 11.3 Å². The first-order chi connectivity index (χ1) is 9.28. The van der Waals surface area contributed by atoms with E-state index in [4.69, 9.17) is 5.84 Å². The number of benzene rings is 1. The Labute approximate surface area is 126 Å². The Morgan fingerprint density at radius 1 is 1.26 bits per heavy atom. The molecule has 100 valence electrons. The highest BCUT2D eigenvalue weighted by Crippen LogP contribution is 2.37. The molecule has 3 rings (SSSR count). The van der Waals surface area contributed by atoms with Crippen molar-refractivity contribution in [2.24, 2.45) is 5.84 Å². The average Bonchev–Trinajstić information content (AvgIpc) is 2.75. The van der Waals surface area contributed by atoms with Crippen LogP contribution in [-0.4, -0.2) is 0 Å². The largest absolute Gasteiger partial charge is 0.271 e. The van der Waals surface area contributed by atoms with Crippen LogP contribution in [0.5, 0.6) is 0 Å². The maximum absolute atomic E-state index is 5.76. The molecule has 2 aromatic rings. The van der Waals surface area contributed by atoms with Crippen molar-refractivity contribution in [2.75, 3.05) is 0 Å². The molecular formula is C15H17BrN2S. The van der Waals surface area contributed by atoms with E-state index in [2.05, 4.69) is 57.1 Å². The van der Waals surface area contributed by atoms with Crippen LogP contribution in [0, 0.1) is 0 Å². The molecule has 1 aromatic carbocycles. The number of nitrogens with one attached hydrogen (secondary N) is 1. The van der Waals surface area contributed by atoms with Gasteiger partial charge in [0.1, 0.15) is 0 Å². The number of nitrogens with two attached hydrogens (primary N) is 1. The third kappa shape index (κ3) is 2.77. The Balaban J connectivity index is 1.90. The summed E-state index contributed by atoms with van der Waals surface area (Å²) in [5.41, 5.74) is 6.85. The molecule has 1 atom stereocenters. The molecule has 1 fully saturated rings. The molecule has 0 radical (unpaired) electrons. The minimum atomic E-state index is 0.0718. The Morgan fingerprint density at radius 2 is 2.11 bits per heavy atom. The SMILES string of the molecule is NNC(c1cccc(C2CCC2)c1)c1csc(Br)c1. The average molecular weight is 337 g/mol. The van der Waals surface area contributed by atoms with Gasteiger partial charge in [-0.25, -0.2) is 5.43 Å². The van der Waals surface area contributed by atoms with Crippen LogP contribution in [0.1, 0.15) is 47.9 Å². The molecule has 4 heteroatoms. The van der Waals surface area contributed by atoms with Crippen LogP contribution in [0.2, 0.25) is 0 Å². The predicted octanol–water partition coefficient (Wildman–Crippen LogP) is 4.33. The lowest BCUT2D eigenvalue weighted by atomic mass is 9.79. The summed E-state index contributed by atoms with van der Waals surface area (Å²) in [5.74, 6) is 6.52. The van der Waals surface area contributed by atoms with Crippen molar-refractivity contribution >= 4 is 27.3 Å². The van der Waals surface area contributed by atoms with Gasteiger partial charge in [0.25, 0.3) is 0 Å². The fourth-order valence-corrected chi connectivity index (χ4v) is 3.80. The lowest BCUT2D eigenvalue weighted by molar-refractivity contribution is 0.419. The van der Waals surface area contributed by atoms with E-state index >= 15 is 0 Å². The van der Waals surface area contributed by atoms with Crippen LogP contribution in [0.25, 0.3) is 0 Å². The summed E-state index contributed by atoms with van der Waals surface area (Å²) < 4.78 is 1.14. The first-order valence-corrected chi connectivity index (χ1v) is 8.25. The molecule has 1 aliphatic carbocycles. The molecule has 0 aliphatic heterocycles. The summed E-state index contributed by atoms with van der Waals surface area (Å²) in [6.45, 7) is 0. The van der Waals surface area contributed by atoms with Crippen molar-refractivity contribution in [3.05, 3.63) is 56.2 Å². The molecule has 2 nitrogen and oxygen atoms in total. The van der Waals surface area contributed by atoms with E-state index in [1.165, 1.54) is 36.0 Å². The fraction of sp³-hybridized carbons (Fsp3) is 0.333. The highest BCUT2D eigenvalue weighted by Gasteiger charge is 2.21. The molecule has 1 unspecified atom stereocenters. The first-order valence-electron chi connectivity index (χ1n) is 6.58. The minimum Gasteiger partial charge on any atom is -0.271 e. The second-order valence-electron chi connectivity index (χ2n) is 5.08. The normalized spacial score (nSPS) is 17.2. The monoisotopic (exact) mass is 336 g/mol. The Kier molecular flexibility index (Phi) is 4.03. The summed E-state index contributed by atoms with van der Waals surface area (Å²) in [7, 11) is 0. The molecule has 0 amide bonds. The van der Waals surface area contributed by atoms with Gasteiger partial charge in [0, 0.05) is 0 Å². The van der Waals surface area contributed by atoms with Crippen molar-refractivity contribution < 1.29 is 0 Å². The Bertz CT molecular complexity index is 563. The fourth-order valence-electron chi connectivity index (χ4n) is 2.59. The lowest BCUT2D eigenvalue weighted by Crippen LogP contribution is -2.28. The highest BCUT2D eigenvalue weighted by molar-refractivity contribution is 9.11. The predicted molar refractivity (Wildman–Crippen MR) is 84.2 cm³/mol. The van der Waals surface area contributed by atoms with E-state index in [1.54, 1.807) is 11.3 Å². The number of hydrogen-bond acceptors (Lipinski definition) is 3. The number of hydrogen-bond donors (Lipinski definition) is 2. The highest BCUT2D eigenvalue weighted by atomic mass is 79.9. The number of halogens is 1. The summed E-state index contributed by atoms with van der Waals surface area (Å²) in [5, 5.41) is 2.14. The third-order valence-electron chi connectivity index (χ3n) is 3.91. The van der Waals surface area contributed by atoms with Crippen molar-refractivity contribution in [2.45, 2.75) is 31.2 Å². The van der Waals surface area contributed by atoms with E-state index in [0.29, 0.717) is 0 Å². The van der Waals surface area contributed by atoms with Crippen LogP contribution in [0.15, 0.2) is 39.5 Å². The van der Waals surface area contributed by atoms with Gasteiger partial charge in [-0.05, 0) is 62.8 Å². The summed E-state index contributed by atoms with van der Waals surface area (Å²) in [6.07, 6.45) is 4.02. The van der Waals surface area contributed by atoms with Gasteiger partial charge in [0.2, 0.25) is 0 Å². The second-order valence-corrected chi connectivity index (χ2v) is 7.37. The van der Waals surface area contributed by atoms with Gasteiger partial charge < -0.3 is 0 Å². The zero-order chi connectivity index (χ0) is 13.2. The van der Waals surface area contributed by atoms with Crippen molar-refractivity contribution in [1.82, 2.24) is 5.43 Å². The zero-order valence-corrected chi connectivity index (χ0v) is 13.0. The molecule has 0 spiro atoms. The third-order valence-corrected chi connectivity index (χ3v) is 5.43. The van der Waals surface area contributed by atoms with Gasteiger partial charge in [-0.15, -0.1) is 11.3 Å². The lowest BCUT2D eigenvalue weighted by Gasteiger charge is -2.27. The van der Waals surface area contributed by atoms with E-state index in [0.717, 1.165) is 9.70 Å². The number of thiophene rings is 1. The topological polar surface area (TPSA) is 38.0 Å². The molecule has 3 N–H and O–H groups in total. The van der Waals surface area contributed by atoms with Gasteiger partial charge in [0.05, 0.1) is 9.83 Å². The van der Waals surface area contributed by atoms with Crippen LogP contribution in [0.3, 0.4) is 0 Å². The molecular weight excluding hydrogens is 320 g/mol. The molecule has 1 aromatic heterocycles. The van der Waals surface area contributed by atoms with Crippen molar-refractivity contribution in [3.63, 3.8) is 0 Å². The van der Waals surface area contributed by atoms with Gasteiger partial charge in [-0.2, -0.15) is 0 Å². The first kappa shape index (κ1) is 13.3. The van der Waals surface area contributed by atoms with Gasteiger partial charge in [-0.3, -0.25) is 5.84 Å². The number of hydrazine groups is 1. The van der Waals surface area contributed by atoms with E-state index < -0.39 is 0 Å². The van der Waals surface area contributed by atoms with E-state index in [-0.39, 0.29) is 6.04 Å². The van der Waals surface area contributed by atoms with Crippen LogP contribution in [0.4, 0.5) is 0 Å². The van der Waals surface area contributed by atoms with Crippen molar-refractivity contribution in [1.29, 1.82) is 0 Å². The number of rotatable bonds is 4. The Hall–Kier alpha value is -0.680. The Morgan fingerprint density at radius 3 is 2.68 bits per heavy atom. The van der Waals surface area contributed by atoms with E-state index in [9.17, 15) is 0 Å². The quantitative estimate of drug-likeness (QED) is 0.644. The summed E-state index contributed by atoms with van der Waals surface area (Å²) in [6, 6.07) is 11.0. The van der Waals surface area contributed by atoms with E-state index in [1.807, 2.05) is 0 Å². The van der Waals surface area contributed by atoms with Gasteiger partial charge in [-0.1, -0.05) is 30.7 Å². The molecule has 0 saturated heterocycles. The molecule has 19 heavy (non-hydrogen) atoms.